The third-order valence-electron chi connectivity index (χ3n) is 4.18. The van der Waals surface area contributed by atoms with E-state index in [0.717, 1.165) is 30.0 Å². The van der Waals surface area contributed by atoms with Gasteiger partial charge in [0.25, 0.3) is 5.91 Å². The fraction of sp³-hybridized carbons (Fsp3) is 0.300. The van der Waals surface area contributed by atoms with Gasteiger partial charge in [0.05, 0.1) is 11.4 Å². The quantitative estimate of drug-likeness (QED) is 0.616. The molecule has 2 heterocycles. The second kappa shape index (κ2) is 8.51. The molecule has 0 aliphatic heterocycles. The number of nitrogens with zero attached hydrogens (tertiary/aromatic N) is 4. The van der Waals surface area contributed by atoms with Crippen LogP contribution in [0.5, 0.6) is 0 Å². The molecule has 0 atom stereocenters. The summed E-state index contributed by atoms with van der Waals surface area (Å²) in [5.74, 6) is -0.0601. The molecule has 2 aromatic heterocycles. The molecular weight excluding hydrogens is 356 g/mol. The second-order valence-corrected chi connectivity index (χ2v) is 6.60. The van der Waals surface area contributed by atoms with E-state index in [4.69, 9.17) is 0 Å². The minimum Gasteiger partial charge on any atom is -0.351 e. The van der Waals surface area contributed by atoms with Gasteiger partial charge in [-0.15, -0.1) is 0 Å². The van der Waals surface area contributed by atoms with Crippen LogP contribution in [0.1, 0.15) is 35.2 Å². The first kappa shape index (κ1) is 19.3. The summed E-state index contributed by atoms with van der Waals surface area (Å²) in [4.78, 5) is 24.0. The van der Waals surface area contributed by atoms with Gasteiger partial charge in [0.15, 0.2) is 5.69 Å². The number of para-hydroxylation sites is 1. The molecule has 0 spiro atoms. The first-order chi connectivity index (χ1) is 13.4. The smallest absolute Gasteiger partial charge is 0.271 e. The van der Waals surface area contributed by atoms with Gasteiger partial charge in [-0.3, -0.25) is 14.3 Å². The Morgan fingerprint density at radius 3 is 2.46 bits per heavy atom. The van der Waals surface area contributed by atoms with Crippen molar-refractivity contribution >= 4 is 17.6 Å². The average Bonchev–Trinajstić information content (AvgIpc) is 3.21. The van der Waals surface area contributed by atoms with E-state index < -0.39 is 0 Å². The van der Waals surface area contributed by atoms with Gasteiger partial charge >= 0.3 is 0 Å². The standard InChI is InChI=1S/C20H24N6O2/c1-14-12-15(2)25(23-14)11-7-10-21-20(28)18-13-19(22-16(3)27)26(24-18)17-8-5-4-6-9-17/h4-6,8-9,12-13H,7,10-11H2,1-3H3,(H,21,28)(H,22,27). The van der Waals surface area contributed by atoms with Crippen molar-refractivity contribution in [3.05, 3.63) is 59.5 Å². The maximum absolute atomic E-state index is 12.5. The number of carbonyl (C=O) groups excluding carboxylic acids is 2. The van der Waals surface area contributed by atoms with Gasteiger partial charge in [0.2, 0.25) is 5.91 Å². The Morgan fingerprint density at radius 1 is 1.07 bits per heavy atom. The van der Waals surface area contributed by atoms with Crippen molar-refractivity contribution in [2.45, 2.75) is 33.7 Å². The molecule has 0 aliphatic rings. The lowest BCUT2D eigenvalue weighted by Gasteiger charge is -2.06. The van der Waals surface area contributed by atoms with Gasteiger partial charge < -0.3 is 10.6 Å². The number of rotatable bonds is 7. The molecule has 0 radical (unpaired) electrons. The molecule has 8 nitrogen and oxygen atoms in total. The highest BCUT2D eigenvalue weighted by Gasteiger charge is 2.16. The van der Waals surface area contributed by atoms with Crippen LogP contribution in [0.4, 0.5) is 5.82 Å². The Kier molecular flexibility index (Phi) is 5.88. The molecule has 8 heteroatoms. The van der Waals surface area contributed by atoms with E-state index in [-0.39, 0.29) is 17.5 Å². The zero-order valence-electron chi connectivity index (χ0n) is 16.3. The van der Waals surface area contributed by atoms with Crippen LogP contribution >= 0.6 is 0 Å². The molecule has 0 unspecified atom stereocenters. The van der Waals surface area contributed by atoms with Crippen LogP contribution in [0.15, 0.2) is 42.5 Å². The van der Waals surface area contributed by atoms with Gasteiger partial charge in [-0.25, -0.2) is 4.68 Å². The summed E-state index contributed by atoms with van der Waals surface area (Å²) in [5, 5.41) is 14.4. The SMILES string of the molecule is CC(=O)Nc1cc(C(=O)NCCCn2nc(C)cc2C)nn1-c1ccccc1. The number of nitrogens with one attached hydrogen (secondary N) is 2. The monoisotopic (exact) mass is 380 g/mol. The zero-order valence-corrected chi connectivity index (χ0v) is 16.3. The van der Waals surface area contributed by atoms with Crippen LogP contribution < -0.4 is 10.6 Å². The fourth-order valence-electron chi connectivity index (χ4n) is 2.95. The molecular formula is C20H24N6O2. The van der Waals surface area contributed by atoms with Crippen molar-refractivity contribution < 1.29 is 9.59 Å². The van der Waals surface area contributed by atoms with Crippen LogP contribution in [-0.4, -0.2) is 37.9 Å². The Balaban J connectivity index is 1.65. The summed E-state index contributed by atoms with van der Waals surface area (Å²) >= 11 is 0. The molecule has 2 amide bonds. The van der Waals surface area contributed by atoms with Crippen molar-refractivity contribution in [3.63, 3.8) is 0 Å². The minimum absolute atomic E-state index is 0.228. The number of anilines is 1. The van der Waals surface area contributed by atoms with Crippen LogP contribution in [0.2, 0.25) is 0 Å². The van der Waals surface area contributed by atoms with E-state index >= 15 is 0 Å². The molecule has 0 bridgehead atoms. The van der Waals surface area contributed by atoms with Gasteiger partial charge in [-0.2, -0.15) is 10.2 Å². The molecule has 0 fully saturated rings. The summed E-state index contributed by atoms with van der Waals surface area (Å²) in [7, 11) is 0. The molecule has 3 rings (SSSR count). The number of carbonyl (C=O) groups is 2. The second-order valence-electron chi connectivity index (χ2n) is 6.60. The van der Waals surface area contributed by atoms with E-state index in [0.29, 0.717) is 12.4 Å². The van der Waals surface area contributed by atoms with Gasteiger partial charge in [-0.05, 0) is 38.5 Å². The molecule has 0 saturated carbocycles. The van der Waals surface area contributed by atoms with E-state index in [9.17, 15) is 9.59 Å². The number of benzene rings is 1. The Labute approximate surface area is 163 Å². The summed E-state index contributed by atoms with van der Waals surface area (Å²) in [6.45, 7) is 6.63. The van der Waals surface area contributed by atoms with Crippen LogP contribution in [0.25, 0.3) is 5.69 Å². The number of hydrogen-bond acceptors (Lipinski definition) is 4. The molecule has 1 aromatic carbocycles. The minimum atomic E-state index is -0.283. The number of aryl methyl sites for hydroxylation is 3. The molecule has 3 aromatic rings. The van der Waals surface area contributed by atoms with Crippen molar-refractivity contribution in [2.75, 3.05) is 11.9 Å². The summed E-state index contributed by atoms with van der Waals surface area (Å²) in [5.41, 5.74) is 3.09. The normalized spacial score (nSPS) is 10.7. The van der Waals surface area contributed by atoms with E-state index in [1.54, 1.807) is 10.7 Å². The van der Waals surface area contributed by atoms with Crippen molar-refractivity contribution in [2.24, 2.45) is 0 Å². The number of aromatic nitrogens is 4. The number of hydrogen-bond donors (Lipinski definition) is 2. The predicted molar refractivity (Wildman–Crippen MR) is 107 cm³/mol. The van der Waals surface area contributed by atoms with E-state index in [2.05, 4.69) is 20.8 Å². The maximum atomic E-state index is 12.5. The first-order valence-electron chi connectivity index (χ1n) is 9.16. The highest BCUT2D eigenvalue weighted by molar-refractivity contribution is 5.95. The van der Waals surface area contributed by atoms with Crippen LogP contribution in [0, 0.1) is 13.8 Å². The Morgan fingerprint density at radius 2 is 1.82 bits per heavy atom. The van der Waals surface area contributed by atoms with Crippen molar-refractivity contribution in [1.82, 2.24) is 24.9 Å². The lowest BCUT2D eigenvalue weighted by molar-refractivity contribution is -0.114. The van der Waals surface area contributed by atoms with Crippen LogP contribution in [-0.2, 0) is 11.3 Å². The molecule has 0 aliphatic carbocycles. The third-order valence-corrected chi connectivity index (χ3v) is 4.18. The highest BCUT2D eigenvalue weighted by atomic mass is 16.2. The maximum Gasteiger partial charge on any atom is 0.271 e. The lowest BCUT2D eigenvalue weighted by Crippen LogP contribution is -2.26. The van der Waals surface area contributed by atoms with Crippen molar-refractivity contribution in [3.8, 4) is 5.69 Å². The fourth-order valence-corrected chi connectivity index (χ4v) is 2.95. The third kappa shape index (κ3) is 4.64. The highest BCUT2D eigenvalue weighted by Crippen LogP contribution is 2.17. The van der Waals surface area contributed by atoms with Crippen LogP contribution in [0.3, 0.4) is 0 Å². The van der Waals surface area contributed by atoms with Gasteiger partial charge in [0.1, 0.15) is 5.82 Å². The summed E-state index contributed by atoms with van der Waals surface area (Å²) in [6.07, 6.45) is 0.756. The predicted octanol–water partition coefficient (Wildman–Crippen LogP) is 2.46. The molecule has 0 saturated heterocycles. The largest absolute Gasteiger partial charge is 0.351 e. The summed E-state index contributed by atoms with van der Waals surface area (Å²) in [6, 6.07) is 12.9. The van der Waals surface area contributed by atoms with Crippen molar-refractivity contribution in [1.29, 1.82) is 0 Å². The molecule has 146 valence electrons. The number of amides is 2. The zero-order chi connectivity index (χ0) is 20.1. The molecule has 28 heavy (non-hydrogen) atoms. The topological polar surface area (TPSA) is 93.8 Å². The van der Waals surface area contributed by atoms with E-state index in [1.807, 2.05) is 54.9 Å². The van der Waals surface area contributed by atoms with E-state index in [1.165, 1.54) is 6.92 Å². The Bertz CT molecular complexity index is 974. The summed E-state index contributed by atoms with van der Waals surface area (Å²) < 4.78 is 3.48. The lowest BCUT2D eigenvalue weighted by atomic mass is 10.3. The van der Waals surface area contributed by atoms with Gasteiger partial charge in [0, 0.05) is 31.8 Å². The Hall–Kier alpha value is -3.42. The van der Waals surface area contributed by atoms with Gasteiger partial charge in [-0.1, -0.05) is 18.2 Å². The first-order valence-corrected chi connectivity index (χ1v) is 9.16. The molecule has 2 N–H and O–H groups in total. The average molecular weight is 380 g/mol.